The molecule has 5 nitrogen and oxygen atoms in total. The largest absolute Gasteiger partial charge is 0.456 e. The summed E-state index contributed by atoms with van der Waals surface area (Å²) in [6.07, 6.45) is 3.55. The molecule has 0 amide bonds. The fourth-order valence-corrected chi connectivity index (χ4v) is 7.93. The van der Waals surface area contributed by atoms with Crippen molar-refractivity contribution in [2.24, 2.45) is 0 Å². The second-order valence-corrected chi connectivity index (χ2v) is 13.4. The molecule has 0 fully saturated rings. The fraction of sp³-hybridized carbons (Fsp3) is 0. The van der Waals surface area contributed by atoms with E-state index in [0.717, 1.165) is 54.8 Å². The third-order valence-electron chi connectivity index (χ3n) is 10.4. The van der Waals surface area contributed by atoms with Gasteiger partial charge in [0.25, 0.3) is 0 Å². The minimum Gasteiger partial charge on any atom is -0.456 e. The Kier molecular flexibility index (Phi) is 6.48. The monoisotopic (exact) mass is 676 g/mol. The summed E-state index contributed by atoms with van der Waals surface area (Å²) in [4.78, 5) is 19.2. The molecule has 0 saturated carbocycles. The normalized spacial score (nSPS) is 11.8. The van der Waals surface area contributed by atoms with Crippen LogP contribution in [0.4, 0.5) is 0 Å². The van der Waals surface area contributed by atoms with Gasteiger partial charge in [-0.1, -0.05) is 121 Å². The maximum atomic E-state index is 6.76. The van der Waals surface area contributed by atoms with Crippen LogP contribution in [0.3, 0.4) is 0 Å². The zero-order valence-corrected chi connectivity index (χ0v) is 28.4. The van der Waals surface area contributed by atoms with Crippen LogP contribution in [0.2, 0.25) is 0 Å². The molecule has 3 aromatic heterocycles. The topological polar surface area (TPSA) is 64.7 Å². The Morgan fingerprint density at radius 1 is 0.340 bits per heavy atom. The summed E-state index contributed by atoms with van der Waals surface area (Å²) in [5.74, 6) is 1.81. The molecule has 0 aliphatic heterocycles. The van der Waals surface area contributed by atoms with E-state index in [0.29, 0.717) is 17.5 Å². The van der Waals surface area contributed by atoms with Crippen LogP contribution in [0.15, 0.2) is 175 Å². The van der Waals surface area contributed by atoms with Gasteiger partial charge in [-0.2, -0.15) is 0 Å². The van der Waals surface area contributed by atoms with Crippen molar-refractivity contribution in [1.29, 1.82) is 0 Å². The van der Waals surface area contributed by atoms with E-state index in [9.17, 15) is 0 Å². The molecule has 11 aromatic rings. The first kappa shape index (κ1) is 29.5. The number of hydrogen-bond acceptors (Lipinski definition) is 5. The lowest BCUT2D eigenvalue weighted by Crippen LogP contribution is -2.00. The van der Waals surface area contributed by atoms with Gasteiger partial charge in [-0.25, -0.2) is 15.0 Å². The van der Waals surface area contributed by atoms with Crippen molar-refractivity contribution < 1.29 is 4.42 Å². The Hall–Kier alpha value is -7.24. The molecule has 5 heteroatoms. The van der Waals surface area contributed by atoms with E-state index in [2.05, 4.69) is 120 Å². The van der Waals surface area contributed by atoms with Gasteiger partial charge in [0.05, 0.1) is 0 Å². The average Bonchev–Trinajstić information content (AvgIpc) is 3.61. The Labute approximate surface area is 303 Å². The first-order valence-corrected chi connectivity index (χ1v) is 17.7. The average molecular weight is 677 g/mol. The van der Waals surface area contributed by atoms with Gasteiger partial charge in [0.1, 0.15) is 11.2 Å². The number of fused-ring (bicyclic) bond motifs is 11. The van der Waals surface area contributed by atoms with Crippen molar-refractivity contribution in [3.8, 4) is 45.3 Å². The Balaban J connectivity index is 1.16. The fourth-order valence-electron chi connectivity index (χ4n) is 7.93. The molecular formula is C48H28N4O. The van der Waals surface area contributed by atoms with Gasteiger partial charge in [0.15, 0.2) is 17.5 Å². The number of hydrogen-bond donors (Lipinski definition) is 0. The van der Waals surface area contributed by atoms with E-state index < -0.39 is 0 Å². The van der Waals surface area contributed by atoms with Gasteiger partial charge in [-0.3, -0.25) is 4.98 Å². The number of nitrogens with zero attached hydrogens (tertiary/aromatic N) is 4. The number of benzene rings is 8. The highest BCUT2D eigenvalue weighted by atomic mass is 16.3. The van der Waals surface area contributed by atoms with Crippen LogP contribution in [0, 0.1) is 0 Å². The second kappa shape index (κ2) is 11.7. The molecule has 53 heavy (non-hydrogen) atoms. The van der Waals surface area contributed by atoms with E-state index in [1.807, 2.05) is 42.5 Å². The molecule has 0 N–H and O–H groups in total. The van der Waals surface area contributed by atoms with Crippen molar-refractivity contribution in [2.75, 3.05) is 0 Å². The van der Waals surface area contributed by atoms with Crippen molar-refractivity contribution in [3.05, 3.63) is 170 Å². The van der Waals surface area contributed by atoms with Gasteiger partial charge < -0.3 is 4.42 Å². The predicted octanol–water partition coefficient (Wildman–Crippen LogP) is 12.4. The summed E-state index contributed by atoms with van der Waals surface area (Å²) in [7, 11) is 0. The van der Waals surface area contributed by atoms with Gasteiger partial charge in [-0.15, -0.1) is 0 Å². The predicted molar refractivity (Wildman–Crippen MR) is 217 cm³/mol. The summed E-state index contributed by atoms with van der Waals surface area (Å²) in [5.41, 5.74) is 6.77. The van der Waals surface area contributed by atoms with Crippen LogP contribution in [-0.2, 0) is 0 Å². The molecule has 0 unspecified atom stereocenters. The molecule has 246 valence electrons. The van der Waals surface area contributed by atoms with Crippen LogP contribution in [0.25, 0.3) is 110 Å². The lowest BCUT2D eigenvalue weighted by molar-refractivity contribution is 0.670. The van der Waals surface area contributed by atoms with E-state index in [4.69, 9.17) is 19.4 Å². The quantitative estimate of drug-likeness (QED) is 0.174. The zero-order valence-electron chi connectivity index (χ0n) is 28.4. The van der Waals surface area contributed by atoms with Crippen LogP contribution in [0.1, 0.15) is 0 Å². The third-order valence-corrected chi connectivity index (χ3v) is 10.4. The molecule has 8 aromatic carbocycles. The number of pyridine rings is 1. The maximum Gasteiger partial charge on any atom is 0.165 e. The minimum absolute atomic E-state index is 0.584. The molecule has 11 rings (SSSR count). The van der Waals surface area contributed by atoms with Crippen molar-refractivity contribution in [3.63, 3.8) is 0 Å². The Bertz CT molecular complexity index is 3150. The highest BCUT2D eigenvalue weighted by Crippen LogP contribution is 2.44. The van der Waals surface area contributed by atoms with Crippen molar-refractivity contribution in [1.82, 2.24) is 19.9 Å². The molecule has 0 bridgehead atoms. The van der Waals surface area contributed by atoms with E-state index >= 15 is 0 Å². The molecule has 0 saturated heterocycles. The third kappa shape index (κ3) is 4.71. The van der Waals surface area contributed by atoms with Crippen molar-refractivity contribution >= 4 is 65.0 Å². The Morgan fingerprint density at radius 2 is 0.906 bits per heavy atom. The summed E-state index contributed by atoms with van der Waals surface area (Å²) in [5, 5.41) is 11.6. The first-order chi connectivity index (χ1) is 26.3. The highest BCUT2D eigenvalue weighted by molar-refractivity contribution is 6.30. The zero-order chi connectivity index (χ0) is 34.9. The van der Waals surface area contributed by atoms with Crippen LogP contribution in [-0.4, -0.2) is 19.9 Å². The standard InChI is InChI=1S/C48H28N4O/c1-3-12-29(13-4-1)38-26-44-45(37-20-10-9-19-35(37)38)42-25-40-34-18-8-7-17-33(34)39-24-31(21-22-36(39)41(40)27-43(42)53-44)47-50-46(30-14-5-2-6-15-30)51-48(52-47)32-16-11-23-49-28-32/h1-28H. The summed E-state index contributed by atoms with van der Waals surface area (Å²) in [6.45, 7) is 0. The van der Waals surface area contributed by atoms with Gasteiger partial charge >= 0.3 is 0 Å². The molecule has 0 aliphatic carbocycles. The Morgan fingerprint density at radius 3 is 1.62 bits per heavy atom. The lowest BCUT2D eigenvalue weighted by Gasteiger charge is -2.13. The van der Waals surface area contributed by atoms with Gasteiger partial charge in [-0.05, 0) is 90.6 Å². The minimum atomic E-state index is 0.584. The SMILES string of the molecule is c1ccc(-c2nc(-c3cccnc3)nc(-c3ccc4c(c3)c3ccccc3c3cc5c(cc43)oc3cc(-c4ccccc4)c4ccccc4c35)n2)cc1. The molecule has 0 radical (unpaired) electrons. The van der Waals surface area contributed by atoms with Gasteiger partial charge in [0.2, 0.25) is 0 Å². The highest BCUT2D eigenvalue weighted by Gasteiger charge is 2.19. The van der Waals surface area contributed by atoms with E-state index in [1.54, 1.807) is 12.4 Å². The number of rotatable bonds is 4. The molecule has 0 spiro atoms. The summed E-state index contributed by atoms with van der Waals surface area (Å²) < 4.78 is 6.76. The number of aromatic nitrogens is 4. The van der Waals surface area contributed by atoms with E-state index in [-0.39, 0.29) is 0 Å². The molecular weight excluding hydrogens is 649 g/mol. The maximum absolute atomic E-state index is 6.76. The lowest BCUT2D eigenvalue weighted by atomic mass is 9.91. The number of furan rings is 1. The van der Waals surface area contributed by atoms with Gasteiger partial charge in [0, 0.05) is 39.9 Å². The smallest absolute Gasteiger partial charge is 0.165 e. The van der Waals surface area contributed by atoms with E-state index in [1.165, 1.54) is 38.1 Å². The van der Waals surface area contributed by atoms with Crippen LogP contribution < -0.4 is 0 Å². The molecule has 0 aliphatic rings. The first-order valence-electron chi connectivity index (χ1n) is 17.7. The van der Waals surface area contributed by atoms with Crippen LogP contribution in [0.5, 0.6) is 0 Å². The molecule has 3 heterocycles. The molecule has 0 atom stereocenters. The summed E-state index contributed by atoms with van der Waals surface area (Å²) >= 11 is 0. The van der Waals surface area contributed by atoms with Crippen molar-refractivity contribution in [2.45, 2.75) is 0 Å². The van der Waals surface area contributed by atoms with Crippen LogP contribution >= 0.6 is 0 Å². The second-order valence-electron chi connectivity index (χ2n) is 13.4. The summed E-state index contributed by atoms with van der Waals surface area (Å²) in [6, 6.07) is 55.1.